The van der Waals surface area contributed by atoms with Gasteiger partial charge >= 0.3 is 6.09 Å². The standard InChI is InChI=1S/C19H24N4O2/c1-12-7-5-6-8-14(12)15-9-21-17(20)22-16(15)13-10-23(11-13)18(24)25-19(2,3)4/h5-9,13H,10-11H2,1-4H3,(H2,20,21,22). The van der Waals surface area contributed by atoms with Gasteiger partial charge in [0.25, 0.3) is 0 Å². The van der Waals surface area contributed by atoms with E-state index in [0.717, 1.165) is 22.4 Å². The number of hydrogen-bond acceptors (Lipinski definition) is 5. The molecule has 2 N–H and O–H groups in total. The Morgan fingerprint density at radius 2 is 1.92 bits per heavy atom. The van der Waals surface area contributed by atoms with Crippen molar-refractivity contribution in [2.24, 2.45) is 0 Å². The van der Waals surface area contributed by atoms with Crippen LogP contribution in [0.5, 0.6) is 0 Å². The van der Waals surface area contributed by atoms with Crippen molar-refractivity contribution in [3.05, 3.63) is 41.7 Å². The van der Waals surface area contributed by atoms with Crippen LogP contribution in [0.25, 0.3) is 11.1 Å². The molecule has 1 aliphatic rings. The van der Waals surface area contributed by atoms with E-state index in [0.29, 0.717) is 13.1 Å². The summed E-state index contributed by atoms with van der Waals surface area (Å²) in [5, 5.41) is 0. The van der Waals surface area contributed by atoms with E-state index < -0.39 is 5.60 Å². The van der Waals surface area contributed by atoms with Crippen LogP contribution in [0.3, 0.4) is 0 Å². The zero-order valence-electron chi connectivity index (χ0n) is 15.1. The summed E-state index contributed by atoms with van der Waals surface area (Å²) in [5.74, 6) is 0.385. The van der Waals surface area contributed by atoms with Crippen LogP contribution < -0.4 is 5.73 Å². The molecule has 0 spiro atoms. The highest BCUT2D eigenvalue weighted by Gasteiger charge is 2.37. The average molecular weight is 340 g/mol. The number of aromatic nitrogens is 2. The summed E-state index contributed by atoms with van der Waals surface area (Å²) >= 11 is 0. The molecule has 6 heteroatoms. The van der Waals surface area contributed by atoms with Crippen molar-refractivity contribution in [2.75, 3.05) is 18.8 Å². The molecule has 0 aliphatic carbocycles. The van der Waals surface area contributed by atoms with Gasteiger partial charge in [-0.3, -0.25) is 0 Å². The number of carbonyl (C=O) groups excluding carboxylic acids is 1. The first-order valence-electron chi connectivity index (χ1n) is 8.41. The third kappa shape index (κ3) is 3.73. The minimum absolute atomic E-state index is 0.132. The molecular weight excluding hydrogens is 316 g/mol. The van der Waals surface area contributed by atoms with Crippen LogP contribution in [0.2, 0.25) is 0 Å². The minimum atomic E-state index is -0.492. The Morgan fingerprint density at radius 1 is 1.24 bits per heavy atom. The number of aryl methyl sites for hydroxylation is 1. The number of likely N-dealkylation sites (tertiary alicyclic amines) is 1. The number of anilines is 1. The van der Waals surface area contributed by atoms with Gasteiger partial charge in [-0.2, -0.15) is 0 Å². The lowest BCUT2D eigenvalue weighted by molar-refractivity contribution is 0.00792. The molecule has 2 aromatic rings. The highest BCUT2D eigenvalue weighted by Crippen LogP contribution is 2.35. The number of hydrogen-bond donors (Lipinski definition) is 1. The van der Waals surface area contributed by atoms with Crippen molar-refractivity contribution in [1.82, 2.24) is 14.9 Å². The van der Waals surface area contributed by atoms with Crippen LogP contribution in [0.4, 0.5) is 10.7 Å². The Kier molecular flexibility index (Phi) is 4.37. The molecule has 25 heavy (non-hydrogen) atoms. The highest BCUT2D eigenvalue weighted by atomic mass is 16.6. The second kappa shape index (κ2) is 6.35. The molecule has 0 radical (unpaired) electrons. The SMILES string of the molecule is Cc1ccccc1-c1cnc(N)nc1C1CN(C(=O)OC(C)(C)C)C1. The quantitative estimate of drug-likeness (QED) is 0.906. The van der Waals surface area contributed by atoms with E-state index >= 15 is 0 Å². The summed E-state index contributed by atoms with van der Waals surface area (Å²) in [6.45, 7) is 8.80. The molecule has 0 bridgehead atoms. The zero-order chi connectivity index (χ0) is 18.2. The third-order valence-corrected chi connectivity index (χ3v) is 4.19. The van der Waals surface area contributed by atoms with Crippen molar-refractivity contribution in [3.8, 4) is 11.1 Å². The molecule has 0 saturated carbocycles. The second-order valence-electron chi connectivity index (χ2n) is 7.42. The average Bonchev–Trinajstić information content (AvgIpc) is 2.45. The van der Waals surface area contributed by atoms with E-state index in [1.165, 1.54) is 0 Å². The molecule has 6 nitrogen and oxygen atoms in total. The molecule has 1 saturated heterocycles. The number of rotatable bonds is 2. The Morgan fingerprint density at radius 3 is 2.56 bits per heavy atom. The van der Waals surface area contributed by atoms with Crippen LogP contribution in [0.1, 0.15) is 37.9 Å². The molecule has 1 amide bonds. The van der Waals surface area contributed by atoms with E-state index in [2.05, 4.69) is 29.0 Å². The summed E-state index contributed by atoms with van der Waals surface area (Å²) in [5.41, 5.74) is 9.43. The van der Waals surface area contributed by atoms with Gasteiger partial charge in [-0.15, -0.1) is 0 Å². The number of amides is 1. The Hall–Kier alpha value is -2.63. The molecule has 132 valence electrons. The predicted octanol–water partition coefficient (Wildman–Crippen LogP) is 3.37. The van der Waals surface area contributed by atoms with E-state index in [9.17, 15) is 4.79 Å². The van der Waals surface area contributed by atoms with Crippen LogP contribution in [-0.4, -0.2) is 39.7 Å². The minimum Gasteiger partial charge on any atom is -0.444 e. The predicted molar refractivity (Wildman–Crippen MR) is 97.2 cm³/mol. The third-order valence-electron chi connectivity index (χ3n) is 4.19. The van der Waals surface area contributed by atoms with Gasteiger partial charge in [0.2, 0.25) is 5.95 Å². The molecule has 2 heterocycles. The lowest BCUT2D eigenvalue weighted by Gasteiger charge is -2.40. The fourth-order valence-electron chi connectivity index (χ4n) is 2.93. The van der Waals surface area contributed by atoms with Gasteiger partial charge < -0.3 is 15.4 Å². The van der Waals surface area contributed by atoms with Gasteiger partial charge in [0, 0.05) is 30.8 Å². The molecule has 0 atom stereocenters. The zero-order valence-corrected chi connectivity index (χ0v) is 15.1. The number of benzene rings is 1. The van der Waals surface area contributed by atoms with Crippen molar-refractivity contribution >= 4 is 12.0 Å². The van der Waals surface area contributed by atoms with Gasteiger partial charge in [-0.1, -0.05) is 24.3 Å². The van der Waals surface area contributed by atoms with Gasteiger partial charge in [-0.25, -0.2) is 14.8 Å². The van der Waals surface area contributed by atoms with Crippen molar-refractivity contribution < 1.29 is 9.53 Å². The summed E-state index contributed by atoms with van der Waals surface area (Å²) < 4.78 is 5.41. The maximum Gasteiger partial charge on any atom is 0.410 e. The van der Waals surface area contributed by atoms with Gasteiger partial charge in [0.05, 0.1) is 5.69 Å². The summed E-state index contributed by atoms with van der Waals surface area (Å²) in [7, 11) is 0. The summed E-state index contributed by atoms with van der Waals surface area (Å²) in [4.78, 5) is 22.5. The molecule has 3 rings (SSSR count). The number of nitrogens with two attached hydrogens (primary N) is 1. The van der Waals surface area contributed by atoms with Crippen molar-refractivity contribution in [2.45, 2.75) is 39.2 Å². The number of ether oxygens (including phenoxy) is 1. The Balaban J connectivity index is 1.82. The first-order chi connectivity index (χ1) is 11.7. The largest absolute Gasteiger partial charge is 0.444 e. The molecule has 1 aromatic heterocycles. The monoisotopic (exact) mass is 340 g/mol. The van der Waals surface area contributed by atoms with Gasteiger partial charge in [-0.05, 0) is 38.8 Å². The molecule has 1 aromatic carbocycles. The molecule has 1 aliphatic heterocycles. The van der Waals surface area contributed by atoms with E-state index in [4.69, 9.17) is 10.5 Å². The lowest BCUT2D eigenvalue weighted by atomic mass is 9.89. The fraction of sp³-hybridized carbons (Fsp3) is 0.421. The van der Waals surface area contributed by atoms with Crippen LogP contribution in [0, 0.1) is 6.92 Å². The van der Waals surface area contributed by atoms with Gasteiger partial charge in [0.1, 0.15) is 5.60 Å². The van der Waals surface area contributed by atoms with E-state index in [1.807, 2.05) is 32.9 Å². The normalized spacial score (nSPS) is 15.0. The number of nitrogen functional groups attached to an aromatic ring is 1. The van der Waals surface area contributed by atoms with Gasteiger partial charge in [0.15, 0.2) is 0 Å². The first kappa shape index (κ1) is 17.2. The van der Waals surface area contributed by atoms with Crippen molar-refractivity contribution in [3.63, 3.8) is 0 Å². The maximum atomic E-state index is 12.1. The molecule has 1 fully saturated rings. The van der Waals surface area contributed by atoms with Crippen LogP contribution >= 0.6 is 0 Å². The maximum absolute atomic E-state index is 12.1. The fourth-order valence-corrected chi connectivity index (χ4v) is 2.93. The topological polar surface area (TPSA) is 81.3 Å². The van der Waals surface area contributed by atoms with Crippen molar-refractivity contribution in [1.29, 1.82) is 0 Å². The Labute approximate surface area is 148 Å². The molecule has 0 unspecified atom stereocenters. The summed E-state index contributed by atoms with van der Waals surface area (Å²) in [6.07, 6.45) is 1.49. The second-order valence-corrected chi connectivity index (χ2v) is 7.42. The summed E-state index contributed by atoms with van der Waals surface area (Å²) in [6, 6.07) is 8.11. The van der Waals surface area contributed by atoms with E-state index in [1.54, 1.807) is 11.1 Å². The smallest absolute Gasteiger partial charge is 0.410 e. The van der Waals surface area contributed by atoms with Crippen LogP contribution in [0.15, 0.2) is 30.5 Å². The Bertz CT molecular complexity index is 792. The van der Waals surface area contributed by atoms with E-state index in [-0.39, 0.29) is 18.0 Å². The molecular formula is C19H24N4O2. The number of nitrogens with zero attached hydrogens (tertiary/aromatic N) is 3. The highest BCUT2D eigenvalue weighted by molar-refractivity contribution is 5.72. The van der Waals surface area contributed by atoms with Crippen LogP contribution in [-0.2, 0) is 4.74 Å². The first-order valence-corrected chi connectivity index (χ1v) is 8.41. The lowest BCUT2D eigenvalue weighted by Crippen LogP contribution is -2.50. The number of carbonyl (C=O) groups is 1.